The SMILES string of the molecule is CC1(C(=O)N2CCNCC2)COC1.Cl. The molecule has 5 heteroatoms. The summed E-state index contributed by atoms with van der Waals surface area (Å²) < 4.78 is 5.09. The van der Waals surface area contributed by atoms with Gasteiger partial charge in [0.15, 0.2) is 0 Å². The molecule has 2 saturated heterocycles. The van der Waals surface area contributed by atoms with Crippen LogP contribution in [0.15, 0.2) is 0 Å². The summed E-state index contributed by atoms with van der Waals surface area (Å²) >= 11 is 0. The largest absolute Gasteiger partial charge is 0.379 e. The van der Waals surface area contributed by atoms with Gasteiger partial charge in [0.25, 0.3) is 0 Å². The Morgan fingerprint density at radius 2 is 1.93 bits per heavy atom. The van der Waals surface area contributed by atoms with E-state index in [9.17, 15) is 4.79 Å². The first kappa shape index (κ1) is 11.8. The first-order valence-electron chi connectivity index (χ1n) is 4.80. The van der Waals surface area contributed by atoms with E-state index in [2.05, 4.69) is 5.32 Å². The molecule has 0 aromatic heterocycles. The van der Waals surface area contributed by atoms with Crippen LogP contribution in [0.3, 0.4) is 0 Å². The highest BCUT2D eigenvalue weighted by Gasteiger charge is 2.43. The average molecular weight is 221 g/mol. The number of hydrogen-bond donors (Lipinski definition) is 1. The fraction of sp³-hybridized carbons (Fsp3) is 0.889. The molecule has 2 rings (SSSR count). The van der Waals surface area contributed by atoms with Gasteiger partial charge in [0, 0.05) is 26.2 Å². The van der Waals surface area contributed by atoms with Crippen molar-refractivity contribution in [3.05, 3.63) is 0 Å². The van der Waals surface area contributed by atoms with E-state index in [0.717, 1.165) is 26.2 Å². The molecule has 0 bridgehead atoms. The molecule has 2 aliphatic rings. The minimum atomic E-state index is -0.225. The second-order valence-corrected chi connectivity index (χ2v) is 4.10. The fourth-order valence-electron chi connectivity index (χ4n) is 1.78. The predicted molar refractivity (Wildman–Crippen MR) is 55.6 cm³/mol. The Morgan fingerprint density at radius 3 is 2.36 bits per heavy atom. The molecule has 0 spiro atoms. The molecule has 0 atom stereocenters. The molecule has 1 amide bonds. The molecule has 0 radical (unpaired) electrons. The Morgan fingerprint density at radius 1 is 1.36 bits per heavy atom. The minimum absolute atomic E-state index is 0. The summed E-state index contributed by atoms with van der Waals surface area (Å²) in [4.78, 5) is 13.9. The topological polar surface area (TPSA) is 41.6 Å². The number of nitrogens with one attached hydrogen (secondary N) is 1. The highest BCUT2D eigenvalue weighted by atomic mass is 35.5. The number of amides is 1. The van der Waals surface area contributed by atoms with E-state index in [-0.39, 0.29) is 23.7 Å². The number of carbonyl (C=O) groups excluding carboxylic acids is 1. The molecule has 4 nitrogen and oxygen atoms in total. The number of halogens is 1. The van der Waals surface area contributed by atoms with Gasteiger partial charge in [0.1, 0.15) is 0 Å². The van der Waals surface area contributed by atoms with Gasteiger partial charge in [-0.05, 0) is 6.92 Å². The number of carbonyl (C=O) groups is 1. The highest BCUT2D eigenvalue weighted by Crippen LogP contribution is 2.28. The Balaban J connectivity index is 0.000000980. The van der Waals surface area contributed by atoms with Crippen LogP contribution < -0.4 is 5.32 Å². The van der Waals surface area contributed by atoms with Gasteiger partial charge in [-0.2, -0.15) is 0 Å². The number of rotatable bonds is 1. The zero-order valence-corrected chi connectivity index (χ0v) is 9.23. The molecular formula is C9H17ClN2O2. The number of ether oxygens (including phenoxy) is 1. The van der Waals surface area contributed by atoms with Crippen molar-refractivity contribution in [2.24, 2.45) is 5.41 Å². The fourth-order valence-corrected chi connectivity index (χ4v) is 1.78. The van der Waals surface area contributed by atoms with Crippen LogP contribution in [0.5, 0.6) is 0 Å². The van der Waals surface area contributed by atoms with Crippen molar-refractivity contribution in [2.45, 2.75) is 6.92 Å². The van der Waals surface area contributed by atoms with E-state index in [0.29, 0.717) is 13.2 Å². The van der Waals surface area contributed by atoms with Crippen molar-refractivity contribution in [3.8, 4) is 0 Å². The molecule has 2 aliphatic heterocycles. The molecular weight excluding hydrogens is 204 g/mol. The van der Waals surface area contributed by atoms with E-state index in [1.807, 2.05) is 11.8 Å². The van der Waals surface area contributed by atoms with Crippen molar-refractivity contribution in [3.63, 3.8) is 0 Å². The molecule has 2 heterocycles. The van der Waals surface area contributed by atoms with Crippen LogP contribution in [-0.4, -0.2) is 50.2 Å². The van der Waals surface area contributed by atoms with Crippen LogP contribution in [0.4, 0.5) is 0 Å². The summed E-state index contributed by atoms with van der Waals surface area (Å²) in [7, 11) is 0. The van der Waals surface area contributed by atoms with E-state index in [1.54, 1.807) is 0 Å². The molecule has 82 valence electrons. The third-order valence-corrected chi connectivity index (χ3v) is 2.76. The maximum Gasteiger partial charge on any atom is 0.233 e. The van der Waals surface area contributed by atoms with Crippen LogP contribution in [0.1, 0.15) is 6.92 Å². The zero-order chi connectivity index (χ0) is 9.31. The number of hydrogen-bond acceptors (Lipinski definition) is 3. The Labute approximate surface area is 90.4 Å². The quantitative estimate of drug-likeness (QED) is 0.670. The van der Waals surface area contributed by atoms with Gasteiger partial charge in [0.05, 0.1) is 18.6 Å². The van der Waals surface area contributed by atoms with E-state index in [4.69, 9.17) is 4.74 Å². The Bertz CT molecular complexity index is 213. The average Bonchev–Trinajstić information content (AvgIpc) is 2.14. The van der Waals surface area contributed by atoms with Crippen molar-refractivity contribution < 1.29 is 9.53 Å². The summed E-state index contributed by atoms with van der Waals surface area (Å²) in [5, 5.41) is 3.23. The number of piperazine rings is 1. The predicted octanol–water partition coefficient (Wildman–Crippen LogP) is -0.123. The van der Waals surface area contributed by atoms with Gasteiger partial charge in [-0.15, -0.1) is 12.4 Å². The van der Waals surface area contributed by atoms with E-state index in [1.165, 1.54) is 0 Å². The lowest BCUT2D eigenvalue weighted by Gasteiger charge is -2.41. The molecule has 1 N–H and O–H groups in total. The molecule has 0 aromatic rings. The molecule has 2 fully saturated rings. The van der Waals surface area contributed by atoms with Gasteiger partial charge >= 0.3 is 0 Å². The van der Waals surface area contributed by atoms with Gasteiger partial charge in [-0.25, -0.2) is 0 Å². The van der Waals surface area contributed by atoms with Crippen LogP contribution in [-0.2, 0) is 9.53 Å². The van der Waals surface area contributed by atoms with E-state index >= 15 is 0 Å². The van der Waals surface area contributed by atoms with Crippen LogP contribution >= 0.6 is 12.4 Å². The van der Waals surface area contributed by atoms with E-state index < -0.39 is 0 Å². The normalized spacial score (nSPS) is 24.8. The third-order valence-electron chi connectivity index (χ3n) is 2.76. The molecule has 0 unspecified atom stereocenters. The second-order valence-electron chi connectivity index (χ2n) is 4.10. The summed E-state index contributed by atoms with van der Waals surface area (Å²) in [5.74, 6) is 0.264. The first-order valence-corrected chi connectivity index (χ1v) is 4.80. The number of nitrogens with zero attached hydrogens (tertiary/aromatic N) is 1. The van der Waals surface area contributed by atoms with Gasteiger partial charge < -0.3 is 15.0 Å². The van der Waals surface area contributed by atoms with Crippen molar-refractivity contribution in [2.75, 3.05) is 39.4 Å². The van der Waals surface area contributed by atoms with Gasteiger partial charge in [-0.3, -0.25) is 4.79 Å². The summed E-state index contributed by atoms with van der Waals surface area (Å²) in [6.45, 7) is 6.70. The smallest absolute Gasteiger partial charge is 0.233 e. The zero-order valence-electron chi connectivity index (χ0n) is 8.41. The standard InChI is InChI=1S/C9H16N2O2.ClH/c1-9(6-13-7-9)8(12)11-4-2-10-3-5-11;/h10H,2-7H2,1H3;1H. The van der Waals surface area contributed by atoms with Gasteiger partial charge in [0.2, 0.25) is 5.91 Å². The van der Waals surface area contributed by atoms with Crippen LogP contribution in [0.2, 0.25) is 0 Å². The highest BCUT2D eigenvalue weighted by molar-refractivity contribution is 5.85. The maximum absolute atomic E-state index is 11.9. The Hall–Kier alpha value is -0.320. The Kier molecular flexibility index (Phi) is 3.75. The summed E-state index contributed by atoms with van der Waals surface area (Å²) in [5.41, 5.74) is -0.225. The maximum atomic E-state index is 11.9. The lowest BCUT2D eigenvalue weighted by Crippen LogP contribution is -2.57. The molecule has 0 saturated carbocycles. The first-order chi connectivity index (χ1) is 6.22. The summed E-state index contributed by atoms with van der Waals surface area (Å²) in [6.07, 6.45) is 0. The lowest BCUT2D eigenvalue weighted by molar-refractivity contribution is -0.169. The van der Waals surface area contributed by atoms with Gasteiger partial charge in [-0.1, -0.05) is 0 Å². The third kappa shape index (κ3) is 2.02. The van der Waals surface area contributed by atoms with Crippen LogP contribution in [0.25, 0.3) is 0 Å². The van der Waals surface area contributed by atoms with Crippen molar-refractivity contribution >= 4 is 18.3 Å². The summed E-state index contributed by atoms with van der Waals surface area (Å²) in [6, 6.07) is 0. The monoisotopic (exact) mass is 220 g/mol. The molecule has 0 aliphatic carbocycles. The molecule has 0 aromatic carbocycles. The van der Waals surface area contributed by atoms with Crippen molar-refractivity contribution in [1.29, 1.82) is 0 Å². The van der Waals surface area contributed by atoms with Crippen molar-refractivity contribution in [1.82, 2.24) is 10.2 Å². The minimum Gasteiger partial charge on any atom is -0.379 e. The van der Waals surface area contributed by atoms with Crippen LogP contribution in [0, 0.1) is 5.41 Å². The molecule has 14 heavy (non-hydrogen) atoms. The second kappa shape index (κ2) is 4.47. The lowest BCUT2D eigenvalue weighted by atomic mass is 9.87.